The molecule has 1 aromatic carbocycles. The third-order valence-corrected chi connectivity index (χ3v) is 6.99. The van der Waals surface area contributed by atoms with E-state index in [4.69, 9.17) is 9.72 Å². The zero-order valence-corrected chi connectivity index (χ0v) is 18.7. The number of carbonyl (C=O) groups excluding carboxylic acids is 1. The number of fused-ring (bicyclic) bond motifs is 5. The van der Waals surface area contributed by atoms with Crippen molar-refractivity contribution in [1.82, 2.24) is 9.55 Å². The van der Waals surface area contributed by atoms with Gasteiger partial charge in [-0.2, -0.15) is 0 Å². The molecule has 1 unspecified atom stereocenters. The molecule has 0 radical (unpaired) electrons. The Morgan fingerprint density at radius 2 is 1.97 bits per heavy atom. The van der Waals surface area contributed by atoms with Crippen molar-refractivity contribution in [2.75, 3.05) is 6.61 Å². The number of aliphatic hydroxyl groups is 2. The maximum absolute atomic E-state index is 14.6. The quantitative estimate of drug-likeness (QED) is 0.431. The molecule has 3 aromatic rings. The van der Waals surface area contributed by atoms with Crippen LogP contribution in [0.15, 0.2) is 16.9 Å². The fourth-order valence-electron chi connectivity index (χ4n) is 5.38. The monoisotopic (exact) mass is 452 g/mol. The minimum Gasteiger partial charge on any atom is -0.458 e. The summed E-state index contributed by atoms with van der Waals surface area (Å²) in [6.45, 7) is 5.79. The van der Waals surface area contributed by atoms with Crippen LogP contribution >= 0.6 is 0 Å². The van der Waals surface area contributed by atoms with Crippen molar-refractivity contribution in [1.29, 1.82) is 0 Å². The molecule has 3 aliphatic rings. The van der Waals surface area contributed by atoms with E-state index >= 15 is 0 Å². The minimum atomic E-state index is -1.53. The van der Waals surface area contributed by atoms with E-state index in [2.05, 4.69) is 0 Å². The van der Waals surface area contributed by atoms with Crippen LogP contribution < -0.4 is 5.56 Å². The molecular formula is C25H25FN2O5. The number of carbonyl (C=O) groups is 1. The van der Waals surface area contributed by atoms with Crippen LogP contribution in [-0.4, -0.2) is 32.3 Å². The van der Waals surface area contributed by atoms with Gasteiger partial charge in [-0.3, -0.25) is 4.79 Å². The van der Waals surface area contributed by atoms with Gasteiger partial charge in [0.25, 0.3) is 5.56 Å². The fraction of sp³-hybridized carbons (Fsp3) is 0.400. The number of aliphatic hydroxyl groups excluding tert-OH is 2. The van der Waals surface area contributed by atoms with E-state index in [1.165, 1.54) is 6.07 Å². The molecule has 2 aliphatic heterocycles. The number of aryl methyl sites for hydroxylation is 1. The molecule has 8 heteroatoms. The minimum absolute atomic E-state index is 0.0514. The molecule has 0 spiro atoms. The lowest BCUT2D eigenvalue weighted by molar-refractivity contribution is -0.157. The largest absolute Gasteiger partial charge is 0.458 e. The molecule has 2 aromatic heterocycles. The predicted molar refractivity (Wildman–Crippen MR) is 119 cm³/mol. The molecule has 0 bridgehead atoms. The summed E-state index contributed by atoms with van der Waals surface area (Å²) in [5, 5.41) is 21.2. The highest BCUT2D eigenvalue weighted by Gasteiger charge is 2.37. The van der Waals surface area contributed by atoms with Gasteiger partial charge >= 0.3 is 5.97 Å². The summed E-state index contributed by atoms with van der Waals surface area (Å²) in [6.07, 6.45) is -0.185. The Hall–Kier alpha value is -3.10. The highest BCUT2D eigenvalue weighted by Crippen LogP contribution is 2.45. The third-order valence-electron chi connectivity index (χ3n) is 6.99. The Labute approximate surface area is 189 Å². The van der Waals surface area contributed by atoms with Gasteiger partial charge < -0.3 is 19.5 Å². The van der Waals surface area contributed by atoms with Crippen LogP contribution in [0.2, 0.25) is 0 Å². The molecule has 2 N–H and O–H groups in total. The number of benzene rings is 1. The van der Waals surface area contributed by atoms with Crippen molar-refractivity contribution in [3.8, 4) is 11.4 Å². The Bertz CT molecular complexity index is 1390. The molecule has 4 heterocycles. The van der Waals surface area contributed by atoms with Gasteiger partial charge in [-0.05, 0) is 42.5 Å². The van der Waals surface area contributed by atoms with Crippen molar-refractivity contribution in [2.45, 2.75) is 58.8 Å². The van der Waals surface area contributed by atoms with Gasteiger partial charge in [0, 0.05) is 35.1 Å². The number of nitrogens with zero attached hydrogens (tertiary/aromatic N) is 2. The summed E-state index contributed by atoms with van der Waals surface area (Å²) in [6, 6.07) is 3.02. The number of aromatic nitrogens is 2. The lowest BCUT2D eigenvalue weighted by Gasteiger charge is -2.28. The van der Waals surface area contributed by atoms with Crippen LogP contribution in [0, 0.1) is 12.7 Å². The van der Waals surface area contributed by atoms with Crippen molar-refractivity contribution in [3.05, 3.63) is 61.7 Å². The summed E-state index contributed by atoms with van der Waals surface area (Å²) < 4.78 is 21.1. The second-order valence-electron chi connectivity index (χ2n) is 8.49. The van der Waals surface area contributed by atoms with Gasteiger partial charge in [-0.25, -0.2) is 14.2 Å². The highest BCUT2D eigenvalue weighted by molar-refractivity contribution is 5.93. The summed E-state index contributed by atoms with van der Waals surface area (Å²) in [4.78, 5) is 29.7. The van der Waals surface area contributed by atoms with E-state index in [1.54, 1.807) is 17.6 Å². The van der Waals surface area contributed by atoms with Crippen molar-refractivity contribution >= 4 is 16.9 Å². The Balaban J connectivity index is 0.00000111. The number of hydrogen-bond donors (Lipinski definition) is 2. The molecule has 7 nitrogen and oxygen atoms in total. The Morgan fingerprint density at radius 1 is 1.21 bits per heavy atom. The van der Waals surface area contributed by atoms with Gasteiger partial charge in [0.05, 0.1) is 29.0 Å². The fourth-order valence-corrected chi connectivity index (χ4v) is 5.38. The van der Waals surface area contributed by atoms with Gasteiger partial charge in [0.15, 0.2) is 6.10 Å². The number of cyclic esters (lactones) is 1. The van der Waals surface area contributed by atoms with Crippen molar-refractivity contribution < 1.29 is 24.1 Å². The first kappa shape index (κ1) is 21.7. The van der Waals surface area contributed by atoms with Crippen LogP contribution in [0.1, 0.15) is 65.7 Å². The Kier molecular flexibility index (Phi) is 5.10. The molecule has 0 fully saturated rings. The van der Waals surface area contributed by atoms with Gasteiger partial charge in [0.2, 0.25) is 0 Å². The maximum atomic E-state index is 14.6. The molecule has 33 heavy (non-hydrogen) atoms. The van der Waals surface area contributed by atoms with E-state index in [0.717, 1.165) is 22.1 Å². The van der Waals surface area contributed by atoms with Crippen LogP contribution in [0.3, 0.4) is 0 Å². The first-order valence-electron chi connectivity index (χ1n) is 11.3. The second-order valence-corrected chi connectivity index (χ2v) is 8.49. The number of ether oxygens (including phenoxy) is 1. The first-order valence-corrected chi connectivity index (χ1v) is 11.3. The topological polar surface area (TPSA) is 102 Å². The molecule has 0 saturated carbocycles. The average molecular weight is 452 g/mol. The number of esters is 1. The number of halogens is 1. The molecule has 0 saturated heterocycles. The zero-order chi connectivity index (χ0) is 23.6. The van der Waals surface area contributed by atoms with Gasteiger partial charge in [-0.15, -0.1) is 0 Å². The van der Waals surface area contributed by atoms with Gasteiger partial charge in [-0.1, -0.05) is 13.8 Å². The molecular weight excluding hydrogens is 427 g/mol. The van der Waals surface area contributed by atoms with Crippen LogP contribution in [0.4, 0.5) is 4.39 Å². The van der Waals surface area contributed by atoms with Crippen molar-refractivity contribution in [3.63, 3.8) is 0 Å². The van der Waals surface area contributed by atoms with Crippen molar-refractivity contribution in [2.24, 2.45) is 0 Å². The molecule has 172 valence electrons. The SMILES string of the molecule is CC.Cc1c(F)cc2nc3c(c4c2c1CC[C@H]4CO)Cn1c-3cc2c(c1=O)COC(=O)C2O. The summed E-state index contributed by atoms with van der Waals surface area (Å²) in [5.74, 6) is -1.26. The lowest BCUT2D eigenvalue weighted by Crippen LogP contribution is -2.32. The molecule has 1 aliphatic carbocycles. The van der Waals surface area contributed by atoms with Crippen LogP contribution in [0.25, 0.3) is 22.3 Å². The summed E-state index contributed by atoms with van der Waals surface area (Å²) in [7, 11) is 0. The van der Waals surface area contributed by atoms with E-state index in [0.29, 0.717) is 35.3 Å². The standard InChI is InChI=1S/C23H19FN2O5.C2H6/c1-9-11-3-2-10(7-27)18-13-6-26-17(20(13)25-16(19(11)18)5-15(9)24)4-12-14(22(26)29)8-31-23(30)21(12)28;1-2/h4-5,10,21,27-28H,2-3,6-8H2,1H3;1-2H3/t10-,21?;/m0./s1. The van der Waals surface area contributed by atoms with Crippen LogP contribution in [0.5, 0.6) is 0 Å². The Morgan fingerprint density at radius 3 is 2.70 bits per heavy atom. The summed E-state index contributed by atoms with van der Waals surface area (Å²) in [5.41, 5.74) is 4.89. The van der Waals surface area contributed by atoms with E-state index in [-0.39, 0.29) is 48.2 Å². The summed E-state index contributed by atoms with van der Waals surface area (Å²) >= 11 is 0. The van der Waals surface area contributed by atoms with E-state index in [1.807, 2.05) is 13.8 Å². The molecule has 2 atom stereocenters. The lowest BCUT2D eigenvalue weighted by atomic mass is 9.78. The van der Waals surface area contributed by atoms with E-state index < -0.39 is 12.1 Å². The van der Waals surface area contributed by atoms with Gasteiger partial charge in [0.1, 0.15) is 12.4 Å². The van der Waals surface area contributed by atoms with E-state index in [9.17, 15) is 24.2 Å². The predicted octanol–water partition coefficient (Wildman–Crippen LogP) is 3.01. The van der Waals surface area contributed by atoms with Crippen LogP contribution in [-0.2, 0) is 29.1 Å². The smallest absolute Gasteiger partial charge is 0.340 e. The third kappa shape index (κ3) is 2.90. The highest BCUT2D eigenvalue weighted by atomic mass is 19.1. The first-order chi connectivity index (χ1) is 15.9. The molecule has 0 amide bonds. The number of hydrogen-bond acceptors (Lipinski definition) is 6. The second kappa shape index (κ2) is 7.74. The average Bonchev–Trinajstić information content (AvgIpc) is 3.20. The molecule has 6 rings (SSSR count). The number of rotatable bonds is 1. The number of pyridine rings is 2. The zero-order valence-electron chi connectivity index (χ0n) is 18.7. The normalized spacial score (nSPS) is 19.9. The maximum Gasteiger partial charge on any atom is 0.340 e.